The lowest BCUT2D eigenvalue weighted by atomic mass is 10.2. The minimum Gasteiger partial charge on any atom is -0.478 e. The van der Waals surface area contributed by atoms with Crippen LogP contribution in [0, 0.1) is 3.57 Å². The molecule has 21 heavy (non-hydrogen) atoms. The Morgan fingerprint density at radius 1 is 1.14 bits per heavy atom. The topological polar surface area (TPSA) is 80.7 Å². The van der Waals surface area contributed by atoms with Crippen molar-refractivity contribution in [1.29, 1.82) is 0 Å². The molecule has 0 spiro atoms. The molecule has 0 aliphatic rings. The number of ether oxygens (including phenoxy) is 1. The van der Waals surface area contributed by atoms with E-state index in [0.29, 0.717) is 9.32 Å². The van der Waals surface area contributed by atoms with Crippen LogP contribution in [0.4, 0.5) is 0 Å². The number of carboxylic acids is 1. The second-order valence-corrected chi connectivity index (χ2v) is 7.42. The van der Waals surface area contributed by atoms with Gasteiger partial charge in [0.25, 0.3) is 0 Å². The second kappa shape index (κ2) is 6.02. The van der Waals surface area contributed by atoms with E-state index >= 15 is 0 Å². The van der Waals surface area contributed by atoms with Gasteiger partial charge in [0.15, 0.2) is 9.84 Å². The summed E-state index contributed by atoms with van der Waals surface area (Å²) in [6, 6.07) is 10.6. The summed E-state index contributed by atoms with van der Waals surface area (Å²) in [5.74, 6) is -0.611. The highest BCUT2D eigenvalue weighted by atomic mass is 127. The van der Waals surface area contributed by atoms with Crippen molar-refractivity contribution in [2.75, 3.05) is 6.26 Å². The first-order valence-electron chi connectivity index (χ1n) is 5.79. The Bertz CT molecular complexity index is 799. The summed E-state index contributed by atoms with van der Waals surface area (Å²) < 4.78 is 29.7. The summed E-state index contributed by atoms with van der Waals surface area (Å²) in [6.45, 7) is 0. The van der Waals surface area contributed by atoms with Crippen molar-refractivity contribution in [2.24, 2.45) is 0 Å². The van der Waals surface area contributed by atoms with Gasteiger partial charge in [-0.1, -0.05) is 12.1 Å². The molecule has 0 fully saturated rings. The summed E-state index contributed by atoms with van der Waals surface area (Å²) in [6.07, 6.45) is 1.09. The van der Waals surface area contributed by atoms with Gasteiger partial charge in [0, 0.05) is 6.26 Å². The number of sulfone groups is 1. The number of halogens is 1. The SMILES string of the molecule is CS(=O)(=O)c1ccccc1Oc1cc(C(=O)O)ccc1I. The molecule has 110 valence electrons. The maximum atomic E-state index is 11.7. The maximum Gasteiger partial charge on any atom is 0.335 e. The molecule has 2 rings (SSSR count). The van der Waals surface area contributed by atoms with Gasteiger partial charge in [-0.05, 0) is 52.9 Å². The standard InChI is InChI=1S/C14H11IO5S/c1-21(18,19)13-5-3-2-4-11(13)20-12-8-9(14(16)17)6-7-10(12)15/h2-8H,1H3,(H,16,17). The number of para-hydroxylation sites is 1. The van der Waals surface area contributed by atoms with Gasteiger partial charge in [-0.25, -0.2) is 13.2 Å². The Kier molecular flexibility index (Phi) is 4.52. The van der Waals surface area contributed by atoms with Crippen LogP contribution in [0.5, 0.6) is 11.5 Å². The molecule has 0 bridgehead atoms. The number of carboxylic acid groups (broad SMARTS) is 1. The van der Waals surface area contributed by atoms with Gasteiger partial charge in [0.05, 0.1) is 9.13 Å². The molecule has 5 nitrogen and oxygen atoms in total. The maximum absolute atomic E-state index is 11.7. The minimum atomic E-state index is -3.44. The van der Waals surface area contributed by atoms with Gasteiger partial charge in [0.1, 0.15) is 16.4 Å². The Balaban J connectivity index is 2.49. The largest absolute Gasteiger partial charge is 0.478 e. The van der Waals surface area contributed by atoms with Gasteiger partial charge in [-0.2, -0.15) is 0 Å². The minimum absolute atomic E-state index is 0.0570. The average Bonchev–Trinajstić information content (AvgIpc) is 2.40. The number of hydrogen-bond donors (Lipinski definition) is 1. The Labute approximate surface area is 135 Å². The van der Waals surface area contributed by atoms with E-state index in [4.69, 9.17) is 9.84 Å². The Hall–Kier alpha value is -1.61. The molecule has 0 saturated carbocycles. The molecule has 0 radical (unpaired) electrons. The van der Waals surface area contributed by atoms with Crippen LogP contribution >= 0.6 is 22.6 Å². The molecule has 0 aliphatic heterocycles. The number of rotatable bonds is 4. The highest BCUT2D eigenvalue weighted by molar-refractivity contribution is 14.1. The third-order valence-electron chi connectivity index (χ3n) is 2.65. The van der Waals surface area contributed by atoms with Crippen LogP contribution in [-0.4, -0.2) is 25.7 Å². The molecule has 1 N–H and O–H groups in total. The fraction of sp³-hybridized carbons (Fsp3) is 0.0714. The van der Waals surface area contributed by atoms with Crippen LogP contribution in [0.15, 0.2) is 47.4 Å². The normalized spacial score (nSPS) is 11.1. The van der Waals surface area contributed by atoms with Gasteiger partial charge in [-0.3, -0.25) is 0 Å². The first-order chi connectivity index (χ1) is 9.79. The quantitative estimate of drug-likeness (QED) is 0.772. The first kappa shape index (κ1) is 15.8. The average molecular weight is 418 g/mol. The monoisotopic (exact) mass is 418 g/mol. The van der Waals surface area contributed by atoms with E-state index < -0.39 is 15.8 Å². The molecule has 0 amide bonds. The molecule has 0 unspecified atom stereocenters. The number of hydrogen-bond acceptors (Lipinski definition) is 4. The van der Waals surface area contributed by atoms with E-state index in [2.05, 4.69) is 0 Å². The van der Waals surface area contributed by atoms with E-state index in [0.717, 1.165) is 6.26 Å². The molecule has 2 aromatic carbocycles. The molecule has 0 aromatic heterocycles. The van der Waals surface area contributed by atoms with Gasteiger partial charge in [0.2, 0.25) is 0 Å². The van der Waals surface area contributed by atoms with Crippen LogP contribution in [0.1, 0.15) is 10.4 Å². The van der Waals surface area contributed by atoms with E-state index in [1.165, 1.54) is 24.3 Å². The van der Waals surface area contributed by atoms with Crippen LogP contribution in [-0.2, 0) is 9.84 Å². The lowest BCUT2D eigenvalue weighted by Gasteiger charge is -2.11. The lowest BCUT2D eigenvalue weighted by Crippen LogP contribution is -2.02. The van der Waals surface area contributed by atoms with Crippen molar-refractivity contribution in [1.82, 2.24) is 0 Å². The highest BCUT2D eigenvalue weighted by Crippen LogP contribution is 2.32. The molecule has 0 aliphatic carbocycles. The Morgan fingerprint density at radius 2 is 1.81 bits per heavy atom. The zero-order valence-corrected chi connectivity index (χ0v) is 13.9. The molecule has 7 heteroatoms. The van der Waals surface area contributed by atoms with E-state index in [-0.39, 0.29) is 16.2 Å². The predicted molar refractivity (Wildman–Crippen MR) is 85.7 cm³/mol. The molecule has 0 saturated heterocycles. The third kappa shape index (κ3) is 3.73. The van der Waals surface area contributed by atoms with E-state index in [1.54, 1.807) is 18.2 Å². The van der Waals surface area contributed by atoms with Crippen molar-refractivity contribution >= 4 is 38.4 Å². The number of aromatic carboxylic acids is 1. The Morgan fingerprint density at radius 3 is 2.43 bits per heavy atom. The van der Waals surface area contributed by atoms with Crippen LogP contribution in [0.2, 0.25) is 0 Å². The van der Waals surface area contributed by atoms with Crippen molar-refractivity contribution < 1.29 is 23.1 Å². The van der Waals surface area contributed by atoms with Crippen LogP contribution < -0.4 is 4.74 Å². The van der Waals surface area contributed by atoms with Gasteiger partial charge >= 0.3 is 5.97 Å². The van der Waals surface area contributed by atoms with E-state index in [1.807, 2.05) is 22.6 Å². The van der Waals surface area contributed by atoms with Crippen molar-refractivity contribution in [3.8, 4) is 11.5 Å². The smallest absolute Gasteiger partial charge is 0.335 e. The predicted octanol–water partition coefficient (Wildman–Crippen LogP) is 3.19. The lowest BCUT2D eigenvalue weighted by molar-refractivity contribution is 0.0696. The van der Waals surface area contributed by atoms with Gasteiger partial charge < -0.3 is 9.84 Å². The fourth-order valence-corrected chi connectivity index (χ4v) is 2.92. The molecule has 2 aromatic rings. The highest BCUT2D eigenvalue weighted by Gasteiger charge is 2.16. The first-order valence-corrected chi connectivity index (χ1v) is 8.76. The molecular weight excluding hydrogens is 407 g/mol. The summed E-state index contributed by atoms with van der Waals surface area (Å²) >= 11 is 1.99. The molecular formula is C14H11IO5S. The summed E-state index contributed by atoms with van der Waals surface area (Å²) in [5.41, 5.74) is 0.0715. The molecule has 0 atom stereocenters. The summed E-state index contributed by atoms with van der Waals surface area (Å²) in [5, 5.41) is 9.00. The van der Waals surface area contributed by atoms with Crippen molar-refractivity contribution in [2.45, 2.75) is 4.90 Å². The third-order valence-corrected chi connectivity index (χ3v) is 4.67. The van der Waals surface area contributed by atoms with Crippen LogP contribution in [0.3, 0.4) is 0 Å². The second-order valence-electron chi connectivity index (χ2n) is 4.27. The fourth-order valence-electron chi connectivity index (χ4n) is 1.67. The molecule has 0 heterocycles. The number of benzene rings is 2. The van der Waals surface area contributed by atoms with Crippen molar-refractivity contribution in [3.63, 3.8) is 0 Å². The zero-order valence-electron chi connectivity index (χ0n) is 10.9. The van der Waals surface area contributed by atoms with E-state index in [9.17, 15) is 13.2 Å². The van der Waals surface area contributed by atoms with Crippen molar-refractivity contribution in [3.05, 3.63) is 51.6 Å². The van der Waals surface area contributed by atoms with Crippen LogP contribution in [0.25, 0.3) is 0 Å². The number of carbonyl (C=O) groups is 1. The zero-order chi connectivity index (χ0) is 15.6. The van der Waals surface area contributed by atoms with Gasteiger partial charge in [-0.15, -0.1) is 0 Å². The summed E-state index contributed by atoms with van der Waals surface area (Å²) in [7, 11) is -3.44. The summed E-state index contributed by atoms with van der Waals surface area (Å²) in [4.78, 5) is 11.0.